The molecule has 0 fully saturated rings. The third-order valence-corrected chi connectivity index (χ3v) is 6.09. The molecule has 0 saturated carbocycles. The van der Waals surface area contributed by atoms with Gasteiger partial charge in [-0.05, 0) is 41.9 Å². The fourth-order valence-corrected chi connectivity index (χ4v) is 4.36. The van der Waals surface area contributed by atoms with Crippen molar-refractivity contribution in [1.29, 1.82) is 0 Å². The van der Waals surface area contributed by atoms with Crippen molar-refractivity contribution in [3.63, 3.8) is 0 Å². The third-order valence-electron chi connectivity index (χ3n) is 2.97. The lowest BCUT2D eigenvalue weighted by molar-refractivity contribution is 0.304. The summed E-state index contributed by atoms with van der Waals surface area (Å²) in [5, 5.41) is 3.21. The predicted molar refractivity (Wildman–Crippen MR) is 89.6 cm³/mol. The fraction of sp³-hybridized carbons (Fsp3) is 0.571. The molecule has 0 aliphatic carbocycles. The Hall–Kier alpha value is 0.760. The van der Waals surface area contributed by atoms with E-state index in [9.17, 15) is 0 Å². The molecule has 0 aliphatic heterocycles. The first-order chi connectivity index (χ1) is 8.42. The van der Waals surface area contributed by atoms with Crippen LogP contribution in [0, 0.1) is 11.3 Å². The maximum absolute atomic E-state index is 6.08. The Balaban J connectivity index is 2.92. The number of rotatable bonds is 6. The molecule has 0 atom stereocenters. The highest BCUT2D eigenvalue weighted by Gasteiger charge is 2.29. The summed E-state index contributed by atoms with van der Waals surface area (Å²) in [6, 6.07) is 5.92. The molecule has 0 aromatic heterocycles. The summed E-state index contributed by atoms with van der Waals surface area (Å²) in [5.41, 5.74) is 1.47. The molecule has 0 unspecified atom stereocenters. The van der Waals surface area contributed by atoms with Crippen LogP contribution in [0.15, 0.2) is 18.2 Å². The second kappa shape index (κ2) is 7.52. The molecule has 0 radical (unpaired) electrons. The van der Waals surface area contributed by atoms with Crippen LogP contribution in [0.5, 0.6) is 0 Å². The number of alkyl halides is 2. The van der Waals surface area contributed by atoms with E-state index in [-0.39, 0.29) is 5.41 Å². The molecule has 0 N–H and O–H groups in total. The number of benzene rings is 1. The van der Waals surface area contributed by atoms with Crippen molar-refractivity contribution in [3.8, 4) is 0 Å². The van der Waals surface area contributed by atoms with Gasteiger partial charge >= 0.3 is 0 Å². The number of hydrogen-bond acceptors (Lipinski definition) is 0. The minimum atomic E-state index is 0.228. The molecule has 0 bridgehead atoms. The minimum absolute atomic E-state index is 0.228. The van der Waals surface area contributed by atoms with E-state index in [1.54, 1.807) is 0 Å². The largest absolute Gasteiger partial charge is 0.0922 e. The van der Waals surface area contributed by atoms with Gasteiger partial charge in [0.2, 0.25) is 0 Å². The topological polar surface area (TPSA) is 0 Å². The van der Waals surface area contributed by atoms with Gasteiger partial charge in [-0.3, -0.25) is 0 Å². The first-order valence-electron chi connectivity index (χ1n) is 5.98. The van der Waals surface area contributed by atoms with Gasteiger partial charge in [-0.25, -0.2) is 0 Å². The Kier molecular flexibility index (Phi) is 7.02. The zero-order valence-electron chi connectivity index (χ0n) is 10.6. The Morgan fingerprint density at radius 3 is 2.17 bits per heavy atom. The van der Waals surface area contributed by atoms with Crippen LogP contribution in [-0.4, -0.2) is 10.7 Å². The smallest absolute Gasteiger partial charge is 0.0595 e. The van der Waals surface area contributed by atoms with E-state index < -0.39 is 0 Å². The van der Waals surface area contributed by atoms with Crippen LogP contribution in [0.3, 0.4) is 0 Å². The summed E-state index contributed by atoms with van der Waals surface area (Å²) in [6.07, 6.45) is 2.17. The van der Waals surface area contributed by atoms with Crippen LogP contribution in [0.25, 0.3) is 0 Å². The first kappa shape index (κ1) is 16.8. The molecule has 0 aliphatic rings. The third kappa shape index (κ3) is 4.70. The Morgan fingerprint density at radius 1 is 1.11 bits per heavy atom. The highest BCUT2D eigenvalue weighted by Crippen LogP contribution is 2.36. The molecule has 0 spiro atoms. The molecular weight excluding hydrogens is 399 g/mol. The molecule has 0 heterocycles. The van der Waals surface area contributed by atoms with Crippen molar-refractivity contribution in [2.75, 3.05) is 10.7 Å². The molecule has 1 aromatic rings. The van der Waals surface area contributed by atoms with Gasteiger partial charge in [0.25, 0.3) is 0 Å². The van der Waals surface area contributed by atoms with Crippen molar-refractivity contribution in [2.45, 2.75) is 26.7 Å². The Morgan fingerprint density at radius 2 is 1.72 bits per heavy atom. The Labute approximate surface area is 137 Å². The van der Waals surface area contributed by atoms with Crippen LogP contribution >= 0.6 is 55.1 Å². The van der Waals surface area contributed by atoms with Gasteiger partial charge in [0.15, 0.2) is 0 Å². The van der Waals surface area contributed by atoms with Gasteiger partial charge in [-0.1, -0.05) is 75.0 Å². The van der Waals surface area contributed by atoms with E-state index >= 15 is 0 Å². The summed E-state index contributed by atoms with van der Waals surface area (Å²) in [5.74, 6) is 0.669. The van der Waals surface area contributed by atoms with E-state index in [4.69, 9.17) is 23.2 Å². The molecular formula is C14H18Br2Cl2. The van der Waals surface area contributed by atoms with E-state index in [0.29, 0.717) is 16.0 Å². The average Bonchev–Trinajstić information content (AvgIpc) is 2.32. The van der Waals surface area contributed by atoms with Crippen molar-refractivity contribution in [2.24, 2.45) is 11.3 Å². The highest BCUT2D eigenvalue weighted by molar-refractivity contribution is 9.09. The Bertz CT molecular complexity index is 387. The maximum Gasteiger partial charge on any atom is 0.0595 e. The monoisotopic (exact) mass is 414 g/mol. The molecule has 1 rings (SSSR count). The van der Waals surface area contributed by atoms with Crippen LogP contribution < -0.4 is 0 Å². The van der Waals surface area contributed by atoms with E-state index in [0.717, 1.165) is 17.1 Å². The molecule has 1 aromatic carbocycles. The molecule has 0 amide bonds. The van der Waals surface area contributed by atoms with Crippen molar-refractivity contribution >= 4 is 55.1 Å². The van der Waals surface area contributed by atoms with Gasteiger partial charge in [0, 0.05) is 10.7 Å². The van der Waals surface area contributed by atoms with E-state index in [1.807, 2.05) is 12.1 Å². The van der Waals surface area contributed by atoms with Crippen LogP contribution in [0.1, 0.15) is 25.8 Å². The van der Waals surface area contributed by atoms with Gasteiger partial charge in [0.1, 0.15) is 0 Å². The summed E-state index contributed by atoms with van der Waals surface area (Å²) >= 11 is 19.4. The average molecular weight is 417 g/mol. The standard InChI is InChI=1S/C14H18Br2Cl2/c1-10(2)6-14(8-15,9-16)7-11-3-4-12(17)13(18)5-11/h3-5,10H,6-9H2,1-2H3. The summed E-state index contributed by atoms with van der Waals surface area (Å²) in [6.45, 7) is 4.52. The summed E-state index contributed by atoms with van der Waals surface area (Å²) < 4.78 is 0. The second-order valence-corrected chi connectivity index (χ2v) is 7.23. The lowest BCUT2D eigenvalue weighted by Crippen LogP contribution is -2.29. The van der Waals surface area contributed by atoms with Gasteiger partial charge < -0.3 is 0 Å². The van der Waals surface area contributed by atoms with Crippen LogP contribution in [0.2, 0.25) is 10.0 Å². The molecule has 102 valence electrons. The summed E-state index contributed by atoms with van der Waals surface area (Å²) in [4.78, 5) is 0. The van der Waals surface area contributed by atoms with Gasteiger partial charge in [0.05, 0.1) is 10.0 Å². The van der Waals surface area contributed by atoms with E-state index in [1.165, 1.54) is 12.0 Å². The van der Waals surface area contributed by atoms with Gasteiger partial charge in [-0.2, -0.15) is 0 Å². The molecule has 0 saturated heterocycles. The lowest BCUT2D eigenvalue weighted by Gasteiger charge is -2.32. The molecule has 18 heavy (non-hydrogen) atoms. The quantitative estimate of drug-likeness (QED) is 0.473. The predicted octanol–water partition coefficient (Wildman–Crippen LogP) is 6.36. The maximum atomic E-state index is 6.08. The van der Waals surface area contributed by atoms with Crippen LogP contribution in [0.4, 0.5) is 0 Å². The number of hydrogen-bond donors (Lipinski definition) is 0. The minimum Gasteiger partial charge on any atom is -0.0922 e. The molecule has 0 nitrogen and oxygen atoms in total. The fourth-order valence-electron chi connectivity index (χ4n) is 2.26. The zero-order valence-corrected chi connectivity index (χ0v) is 15.3. The highest BCUT2D eigenvalue weighted by atomic mass is 79.9. The second-order valence-electron chi connectivity index (χ2n) is 5.29. The zero-order chi connectivity index (χ0) is 13.8. The van der Waals surface area contributed by atoms with Crippen molar-refractivity contribution < 1.29 is 0 Å². The van der Waals surface area contributed by atoms with E-state index in [2.05, 4.69) is 51.8 Å². The molecule has 4 heteroatoms. The number of halogens is 4. The van der Waals surface area contributed by atoms with Crippen molar-refractivity contribution in [3.05, 3.63) is 33.8 Å². The lowest BCUT2D eigenvalue weighted by atomic mass is 9.79. The van der Waals surface area contributed by atoms with Crippen molar-refractivity contribution in [1.82, 2.24) is 0 Å². The summed E-state index contributed by atoms with van der Waals surface area (Å²) in [7, 11) is 0. The normalized spacial score (nSPS) is 12.2. The van der Waals surface area contributed by atoms with Gasteiger partial charge in [-0.15, -0.1) is 0 Å². The van der Waals surface area contributed by atoms with Crippen LogP contribution in [-0.2, 0) is 6.42 Å². The first-order valence-corrected chi connectivity index (χ1v) is 8.98. The SMILES string of the molecule is CC(C)CC(CBr)(CBr)Cc1ccc(Cl)c(Cl)c1.